The molecule has 0 spiro atoms. The molecule has 166 valence electrons. The van der Waals surface area contributed by atoms with Gasteiger partial charge in [0.25, 0.3) is 0 Å². The Hall–Kier alpha value is -3.23. The molecule has 0 radical (unpaired) electrons. The number of methoxy groups -OCH3 is 1. The minimum atomic E-state index is -0.478. The molecule has 1 amide bonds. The zero-order valence-electron chi connectivity index (χ0n) is 17.7. The molecule has 32 heavy (non-hydrogen) atoms. The lowest BCUT2D eigenvalue weighted by atomic mass is 10.0. The highest BCUT2D eigenvalue weighted by Gasteiger charge is 2.24. The fraction of sp³-hybridized carbons (Fsp3) is 0.250. The highest BCUT2D eigenvalue weighted by molar-refractivity contribution is 7.15. The first-order valence-electron chi connectivity index (χ1n) is 10.3. The number of halogens is 1. The van der Waals surface area contributed by atoms with Crippen molar-refractivity contribution in [3.8, 4) is 11.1 Å². The van der Waals surface area contributed by atoms with E-state index in [2.05, 4.69) is 15.1 Å². The van der Waals surface area contributed by atoms with Crippen molar-refractivity contribution in [1.29, 1.82) is 0 Å². The van der Waals surface area contributed by atoms with Gasteiger partial charge in [0.15, 0.2) is 0 Å². The van der Waals surface area contributed by atoms with Gasteiger partial charge in [-0.15, -0.1) is 11.3 Å². The van der Waals surface area contributed by atoms with E-state index in [1.807, 2.05) is 35.7 Å². The molecule has 0 saturated carbocycles. The van der Waals surface area contributed by atoms with Crippen LogP contribution in [0.25, 0.3) is 11.1 Å². The molecule has 8 heteroatoms. The smallest absolute Gasteiger partial charge is 0.341 e. The second kappa shape index (κ2) is 9.93. The first-order chi connectivity index (χ1) is 15.5. The molecule has 1 saturated heterocycles. The van der Waals surface area contributed by atoms with Gasteiger partial charge >= 0.3 is 5.97 Å². The van der Waals surface area contributed by atoms with Crippen LogP contribution in [-0.4, -0.2) is 56.6 Å². The van der Waals surface area contributed by atoms with E-state index in [-0.39, 0.29) is 18.3 Å². The number of anilines is 2. The average Bonchev–Trinajstić information content (AvgIpc) is 3.23. The first kappa shape index (κ1) is 22.0. The molecule has 2 heterocycles. The predicted octanol–water partition coefficient (Wildman–Crippen LogP) is 4.10. The van der Waals surface area contributed by atoms with Crippen LogP contribution in [0, 0.1) is 5.82 Å². The number of rotatable bonds is 6. The van der Waals surface area contributed by atoms with Crippen LogP contribution >= 0.6 is 11.3 Å². The number of carbonyl (C=O) groups excluding carboxylic acids is 2. The van der Waals surface area contributed by atoms with Gasteiger partial charge in [-0.25, -0.2) is 9.18 Å². The summed E-state index contributed by atoms with van der Waals surface area (Å²) in [5, 5.41) is 5.25. The summed E-state index contributed by atoms with van der Waals surface area (Å²) in [5.74, 6) is -0.903. The fourth-order valence-electron chi connectivity index (χ4n) is 3.77. The van der Waals surface area contributed by atoms with Crippen molar-refractivity contribution in [3.05, 3.63) is 71.4 Å². The van der Waals surface area contributed by atoms with E-state index >= 15 is 0 Å². The minimum Gasteiger partial charge on any atom is -0.465 e. The van der Waals surface area contributed by atoms with E-state index in [1.54, 1.807) is 12.1 Å². The molecule has 4 rings (SSSR count). The third-order valence-electron chi connectivity index (χ3n) is 5.45. The number of hydrogen-bond acceptors (Lipinski definition) is 6. The maximum atomic E-state index is 13.1. The van der Waals surface area contributed by atoms with Crippen LogP contribution < -0.4 is 10.2 Å². The average molecular weight is 454 g/mol. The summed E-state index contributed by atoms with van der Waals surface area (Å²) in [6.45, 7) is 3.17. The van der Waals surface area contributed by atoms with E-state index in [1.165, 1.54) is 30.6 Å². The lowest BCUT2D eigenvalue weighted by Gasteiger charge is -2.35. The van der Waals surface area contributed by atoms with E-state index in [0.717, 1.165) is 29.9 Å². The number of ether oxygens (including phenoxy) is 1. The van der Waals surface area contributed by atoms with E-state index in [4.69, 9.17) is 4.74 Å². The van der Waals surface area contributed by atoms with Crippen LogP contribution in [0.1, 0.15) is 10.4 Å². The molecule has 0 bridgehead atoms. The number of nitrogens with one attached hydrogen (secondary N) is 1. The van der Waals surface area contributed by atoms with E-state index < -0.39 is 5.97 Å². The zero-order chi connectivity index (χ0) is 22.5. The molecule has 0 unspecified atom stereocenters. The molecule has 6 nitrogen and oxygen atoms in total. The van der Waals surface area contributed by atoms with Crippen molar-refractivity contribution >= 4 is 33.9 Å². The van der Waals surface area contributed by atoms with Gasteiger partial charge in [-0.1, -0.05) is 30.3 Å². The van der Waals surface area contributed by atoms with Gasteiger partial charge in [0, 0.05) is 42.8 Å². The monoisotopic (exact) mass is 453 g/mol. The van der Waals surface area contributed by atoms with Crippen LogP contribution in [0.4, 0.5) is 15.1 Å². The van der Waals surface area contributed by atoms with Crippen LogP contribution in [0.2, 0.25) is 0 Å². The summed E-state index contributed by atoms with van der Waals surface area (Å²) >= 11 is 1.31. The number of esters is 1. The van der Waals surface area contributed by atoms with Crippen molar-refractivity contribution in [2.24, 2.45) is 0 Å². The SMILES string of the molecule is COC(=O)c1c(-c2ccccc2)csc1NC(=O)CN1CCN(c2ccc(F)cc2)CC1. The summed E-state index contributed by atoms with van der Waals surface area (Å²) < 4.78 is 18.1. The summed E-state index contributed by atoms with van der Waals surface area (Å²) in [6, 6.07) is 16.0. The predicted molar refractivity (Wildman–Crippen MR) is 125 cm³/mol. The molecular formula is C24H24FN3O3S. The topological polar surface area (TPSA) is 61.9 Å². The van der Waals surface area contributed by atoms with Crippen LogP contribution in [0.15, 0.2) is 60.0 Å². The molecule has 0 aliphatic carbocycles. The Labute approximate surface area is 190 Å². The molecule has 3 aromatic rings. The van der Waals surface area contributed by atoms with Gasteiger partial charge in [-0.2, -0.15) is 0 Å². The lowest BCUT2D eigenvalue weighted by Crippen LogP contribution is -2.48. The number of amides is 1. The van der Waals surface area contributed by atoms with Crippen molar-refractivity contribution in [2.45, 2.75) is 0 Å². The summed E-state index contributed by atoms with van der Waals surface area (Å²) in [5.41, 5.74) is 2.98. The van der Waals surface area contributed by atoms with Gasteiger partial charge in [-0.3, -0.25) is 9.69 Å². The molecular weight excluding hydrogens is 429 g/mol. The second-order valence-electron chi connectivity index (χ2n) is 7.50. The van der Waals surface area contributed by atoms with E-state index in [0.29, 0.717) is 23.7 Å². The molecule has 2 aromatic carbocycles. The number of piperazine rings is 1. The lowest BCUT2D eigenvalue weighted by molar-refractivity contribution is -0.117. The number of nitrogens with zero attached hydrogens (tertiary/aromatic N) is 2. The summed E-state index contributed by atoms with van der Waals surface area (Å²) in [4.78, 5) is 29.4. The Morgan fingerprint density at radius 3 is 2.38 bits per heavy atom. The molecule has 1 aliphatic rings. The van der Waals surface area contributed by atoms with Gasteiger partial charge in [-0.05, 0) is 29.8 Å². The van der Waals surface area contributed by atoms with Gasteiger partial charge < -0.3 is 15.0 Å². The molecule has 1 N–H and O–H groups in total. The Bertz CT molecular complexity index is 1080. The molecule has 1 aromatic heterocycles. The van der Waals surface area contributed by atoms with Crippen LogP contribution in [-0.2, 0) is 9.53 Å². The Balaban J connectivity index is 1.39. The summed E-state index contributed by atoms with van der Waals surface area (Å²) in [7, 11) is 1.33. The maximum Gasteiger partial charge on any atom is 0.341 e. The van der Waals surface area contributed by atoms with Crippen LogP contribution in [0.3, 0.4) is 0 Å². The Morgan fingerprint density at radius 1 is 1.03 bits per heavy atom. The van der Waals surface area contributed by atoms with Crippen molar-refractivity contribution in [2.75, 3.05) is 50.1 Å². The maximum absolute atomic E-state index is 13.1. The van der Waals surface area contributed by atoms with Crippen molar-refractivity contribution < 1.29 is 18.7 Å². The second-order valence-corrected chi connectivity index (χ2v) is 8.38. The van der Waals surface area contributed by atoms with Gasteiger partial charge in [0.1, 0.15) is 16.4 Å². The summed E-state index contributed by atoms with van der Waals surface area (Å²) in [6.07, 6.45) is 0. The zero-order valence-corrected chi connectivity index (χ0v) is 18.5. The fourth-order valence-corrected chi connectivity index (χ4v) is 4.74. The highest BCUT2D eigenvalue weighted by Crippen LogP contribution is 2.36. The Morgan fingerprint density at radius 2 is 1.72 bits per heavy atom. The largest absolute Gasteiger partial charge is 0.465 e. The van der Waals surface area contributed by atoms with Crippen LogP contribution in [0.5, 0.6) is 0 Å². The van der Waals surface area contributed by atoms with E-state index in [9.17, 15) is 14.0 Å². The molecule has 1 fully saturated rings. The standard InChI is InChI=1S/C24H24FN3O3S/c1-31-24(30)22-20(17-5-3-2-4-6-17)16-32-23(22)26-21(29)15-27-11-13-28(14-12-27)19-9-7-18(25)8-10-19/h2-10,16H,11-15H2,1H3,(H,26,29). The Kier molecular flexibility index (Phi) is 6.82. The minimum absolute atomic E-state index is 0.174. The third kappa shape index (κ3) is 4.98. The number of thiophene rings is 1. The molecule has 0 atom stereocenters. The normalized spacial score (nSPS) is 14.2. The van der Waals surface area contributed by atoms with Crippen molar-refractivity contribution in [1.82, 2.24) is 4.90 Å². The van der Waals surface area contributed by atoms with Gasteiger partial charge in [0.2, 0.25) is 5.91 Å². The number of benzene rings is 2. The number of carbonyl (C=O) groups is 2. The van der Waals surface area contributed by atoms with Gasteiger partial charge in [0.05, 0.1) is 13.7 Å². The highest BCUT2D eigenvalue weighted by atomic mass is 32.1. The van der Waals surface area contributed by atoms with Crippen molar-refractivity contribution in [3.63, 3.8) is 0 Å². The first-order valence-corrected chi connectivity index (χ1v) is 11.2. The molecule has 1 aliphatic heterocycles. The number of hydrogen-bond donors (Lipinski definition) is 1. The quantitative estimate of drug-likeness (QED) is 0.570. The third-order valence-corrected chi connectivity index (χ3v) is 6.35.